The predicted molar refractivity (Wildman–Crippen MR) is 206 cm³/mol. The van der Waals surface area contributed by atoms with Crippen LogP contribution in [0.2, 0.25) is 0 Å². The van der Waals surface area contributed by atoms with Gasteiger partial charge >= 0.3 is 0 Å². The quantitative estimate of drug-likeness (QED) is 0.137. The fraction of sp³-hybridized carbons (Fsp3) is 0.152. The van der Waals surface area contributed by atoms with E-state index in [-0.39, 0.29) is 6.04 Å². The molecule has 0 spiro atoms. The molecule has 2 unspecified atom stereocenters. The van der Waals surface area contributed by atoms with Crippen LogP contribution < -0.4 is 0 Å². The third-order valence-corrected chi connectivity index (χ3v) is 10.7. The first-order valence-electron chi connectivity index (χ1n) is 17.3. The van der Waals surface area contributed by atoms with E-state index < -0.39 is 5.41 Å². The smallest absolute Gasteiger partial charge is 0.104 e. The highest BCUT2D eigenvalue weighted by atomic mass is 15.0. The molecule has 5 heteroatoms. The number of nitrogens with zero attached hydrogens (tertiary/aromatic N) is 5. The zero-order chi connectivity index (χ0) is 35.1. The van der Waals surface area contributed by atoms with E-state index in [1.165, 1.54) is 0 Å². The maximum absolute atomic E-state index is 11.4. The molecule has 0 N–H and O–H groups in total. The molecule has 0 bridgehead atoms. The van der Waals surface area contributed by atoms with Crippen LogP contribution in [-0.4, -0.2) is 9.13 Å². The van der Waals surface area contributed by atoms with Crippen molar-refractivity contribution in [1.29, 1.82) is 15.8 Å². The number of benzene rings is 5. The van der Waals surface area contributed by atoms with Crippen molar-refractivity contribution in [3.63, 3.8) is 0 Å². The summed E-state index contributed by atoms with van der Waals surface area (Å²) in [5, 5.41) is 35.0. The number of fused-ring (bicyclic) bond motifs is 6. The van der Waals surface area contributed by atoms with Crippen molar-refractivity contribution >= 4 is 49.2 Å². The van der Waals surface area contributed by atoms with E-state index in [9.17, 15) is 15.8 Å². The molecule has 0 aliphatic heterocycles. The highest BCUT2D eigenvalue weighted by molar-refractivity contribution is 6.10. The summed E-state index contributed by atoms with van der Waals surface area (Å²) in [7, 11) is 0. The summed E-state index contributed by atoms with van der Waals surface area (Å²) in [6.45, 7) is 2.02. The topological polar surface area (TPSA) is 81.2 Å². The summed E-state index contributed by atoms with van der Waals surface area (Å²) in [6, 6.07) is 43.9. The Morgan fingerprint density at radius 1 is 0.725 bits per heavy atom. The van der Waals surface area contributed by atoms with Crippen molar-refractivity contribution in [3.05, 3.63) is 144 Å². The standard InChI is InChI=1S/C46H33N5/c1-3-12-40(46(30-49)24-10-9-19-45(46)51-42-18-8-6-16-37(42)39-26-32(29-48)21-23-44(39)51)35(4-2)33-13-11-14-34(27-33)50-41-17-7-5-15-36(41)38-25-31(28-47)20-22-43(38)50/h1,4-8,11-18,20-23,25-27,45H,9-10,19,24H2,2H3/b35-4-,40-12+. The largest absolute Gasteiger partial charge is 0.335 e. The van der Waals surface area contributed by atoms with Crippen LogP contribution in [0.15, 0.2) is 127 Å². The Hall–Kier alpha value is -6.79. The van der Waals surface area contributed by atoms with Crippen molar-refractivity contribution in [2.24, 2.45) is 5.41 Å². The molecule has 1 fully saturated rings. The number of terminal acetylenes is 1. The molecule has 2 heterocycles. The van der Waals surface area contributed by atoms with Gasteiger partial charge in [-0.2, -0.15) is 15.8 Å². The van der Waals surface area contributed by atoms with Crippen molar-refractivity contribution in [3.8, 4) is 36.2 Å². The van der Waals surface area contributed by atoms with Gasteiger partial charge < -0.3 is 9.13 Å². The lowest BCUT2D eigenvalue weighted by Gasteiger charge is -2.43. The second-order valence-corrected chi connectivity index (χ2v) is 13.2. The number of rotatable bonds is 5. The number of aromatic nitrogens is 2. The second kappa shape index (κ2) is 12.6. The molecule has 51 heavy (non-hydrogen) atoms. The van der Waals surface area contributed by atoms with E-state index in [0.717, 1.165) is 85.3 Å². The van der Waals surface area contributed by atoms with Gasteiger partial charge in [0.2, 0.25) is 0 Å². The molecule has 2 aromatic heterocycles. The predicted octanol–water partition coefficient (Wildman–Crippen LogP) is 10.9. The Kier molecular flexibility index (Phi) is 7.77. The molecule has 2 atom stereocenters. The van der Waals surface area contributed by atoms with Crippen LogP contribution in [0, 0.1) is 51.8 Å². The summed E-state index contributed by atoms with van der Waals surface area (Å²) in [4.78, 5) is 0. The lowest BCUT2D eigenvalue weighted by atomic mass is 9.63. The van der Waals surface area contributed by atoms with Gasteiger partial charge in [-0.15, -0.1) is 6.42 Å². The average Bonchev–Trinajstić information content (AvgIpc) is 3.70. The first kappa shape index (κ1) is 31.5. The SMILES string of the molecule is C#C/C=C(\C(=C/C)c1cccc(-n2c3ccccc3c3cc(C#N)ccc32)c1)C1(C#N)CCCCC1n1c2ccccc2c2cc(C#N)ccc21. The van der Waals surface area contributed by atoms with Crippen LogP contribution in [0.5, 0.6) is 0 Å². The molecule has 1 aliphatic rings. The van der Waals surface area contributed by atoms with E-state index in [0.29, 0.717) is 17.5 Å². The minimum atomic E-state index is -0.925. The minimum absolute atomic E-state index is 0.198. The summed E-state index contributed by atoms with van der Waals surface area (Å²) >= 11 is 0. The van der Waals surface area contributed by atoms with Gasteiger partial charge in [-0.25, -0.2) is 0 Å². The third-order valence-electron chi connectivity index (χ3n) is 10.7. The zero-order valence-corrected chi connectivity index (χ0v) is 28.3. The van der Waals surface area contributed by atoms with Crippen LogP contribution in [0.4, 0.5) is 0 Å². The van der Waals surface area contributed by atoms with Crippen LogP contribution in [0.1, 0.15) is 55.3 Å². The lowest BCUT2D eigenvalue weighted by Crippen LogP contribution is -2.37. The van der Waals surface area contributed by atoms with Gasteiger partial charge in [-0.1, -0.05) is 73.4 Å². The maximum Gasteiger partial charge on any atom is 0.104 e. The van der Waals surface area contributed by atoms with Crippen LogP contribution in [-0.2, 0) is 0 Å². The van der Waals surface area contributed by atoms with Gasteiger partial charge in [0.15, 0.2) is 0 Å². The van der Waals surface area contributed by atoms with Crippen LogP contribution in [0.25, 0.3) is 54.9 Å². The number of allylic oxidation sites excluding steroid dienone is 4. The van der Waals surface area contributed by atoms with Crippen LogP contribution in [0.3, 0.4) is 0 Å². The fourth-order valence-electron chi connectivity index (χ4n) is 8.56. The van der Waals surface area contributed by atoms with E-state index in [2.05, 4.69) is 87.9 Å². The molecule has 5 nitrogen and oxygen atoms in total. The van der Waals surface area contributed by atoms with Gasteiger partial charge in [0.05, 0.1) is 46.4 Å². The Labute approximate surface area is 297 Å². The van der Waals surface area contributed by atoms with Gasteiger partial charge in [0.25, 0.3) is 0 Å². The maximum atomic E-state index is 11.4. The molecular weight excluding hydrogens is 623 g/mol. The highest BCUT2D eigenvalue weighted by Gasteiger charge is 2.47. The number of nitriles is 3. The van der Waals surface area contributed by atoms with Crippen molar-refractivity contribution in [2.75, 3.05) is 0 Å². The molecule has 5 aromatic carbocycles. The number of hydrogen-bond donors (Lipinski definition) is 0. The van der Waals surface area contributed by atoms with E-state index in [1.807, 2.05) is 73.7 Å². The highest BCUT2D eigenvalue weighted by Crippen LogP contribution is 2.55. The normalized spacial score (nSPS) is 18.0. The first-order chi connectivity index (χ1) is 25.1. The second-order valence-electron chi connectivity index (χ2n) is 13.2. The Balaban J connectivity index is 1.32. The van der Waals surface area contributed by atoms with Gasteiger partial charge in [-0.05, 0) is 103 Å². The Morgan fingerprint density at radius 3 is 2.04 bits per heavy atom. The fourth-order valence-corrected chi connectivity index (χ4v) is 8.56. The first-order valence-corrected chi connectivity index (χ1v) is 17.3. The average molecular weight is 656 g/mol. The molecule has 7 aromatic rings. The lowest BCUT2D eigenvalue weighted by molar-refractivity contribution is 0.217. The molecular formula is C46H33N5. The van der Waals surface area contributed by atoms with E-state index >= 15 is 0 Å². The summed E-state index contributed by atoms with van der Waals surface area (Å²) in [5.74, 6) is 2.83. The van der Waals surface area contributed by atoms with Crippen molar-refractivity contribution in [1.82, 2.24) is 9.13 Å². The van der Waals surface area contributed by atoms with Crippen LogP contribution >= 0.6 is 0 Å². The van der Waals surface area contributed by atoms with Gasteiger partial charge in [-0.3, -0.25) is 0 Å². The summed E-state index contributed by atoms with van der Waals surface area (Å²) in [5.41, 5.74) is 8.15. The van der Waals surface area contributed by atoms with Gasteiger partial charge in [0, 0.05) is 38.3 Å². The molecule has 242 valence electrons. The molecule has 8 rings (SSSR count). The molecule has 0 amide bonds. The molecule has 0 saturated heterocycles. The monoisotopic (exact) mass is 655 g/mol. The number of para-hydroxylation sites is 2. The number of hydrogen-bond acceptors (Lipinski definition) is 3. The van der Waals surface area contributed by atoms with E-state index in [1.54, 1.807) is 0 Å². The summed E-state index contributed by atoms with van der Waals surface area (Å²) < 4.78 is 4.58. The molecule has 1 aliphatic carbocycles. The van der Waals surface area contributed by atoms with E-state index in [4.69, 9.17) is 6.42 Å². The van der Waals surface area contributed by atoms with Crippen molar-refractivity contribution < 1.29 is 0 Å². The zero-order valence-electron chi connectivity index (χ0n) is 28.3. The molecule has 1 saturated carbocycles. The van der Waals surface area contributed by atoms with Gasteiger partial charge in [0.1, 0.15) is 5.41 Å². The minimum Gasteiger partial charge on any atom is -0.335 e. The molecule has 0 radical (unpaired) electrons. The summed E-state index contributed by atoms with van der Waals surface area (Å²) in [6.07, 6.45) is 13.4. The third kappa shape index (κ3) is 4.83. The Bertz CT molecular complexity index is 2780. The Morgan fingerprint density at radius 2 is 1.35 bits per heavy atom. The van der Waals surface area contributed by atoms with Crippen molar-refractivity contribution in [2.45, 2.75) is 38.6 Å².